The van der Waals surface area contributed by atoms with Crippen LogP contribution in [0.4, 0.5) is 0 Å². The maximum atomic E-state index is 11.8. The third-order valence-corrected chi connectivity index (χ3v) is 3.67. The Labute approximate surface area is 108 Å². The van der Waals surface area contributed by atoms with E-state index in [0.29, 0.717) is 11.8 Å². The standard InChI is InChI=1S/C12H23NO3S/c1-8(17-5)6-7-13-10(14)9(11(15)16)12(2,3)4/h8-9H,6-7H2,1-5H3,(H,13,14)(H,15,16). The lowest BCUT2D eigenvalue weighted by molar-refractivity contribution is -0.151. The van der Waals surface area contributed by atoms with Crippen molar-refractivity contribution in [1.82, 2.24) is 5.32 Å². The molecule has 0 saturated carbocycles. The lowest BCUT2D eigenvalue weighted by Gasteiger charge is -2.26. The summed E-state index contributed by atoms with van der Waals surface area (Å²) >= 11 is 1.73. The van der Waals surface area contributed by atoms with Crippen LogP contribution in [0.5, 0.6) is 0 Å². The predicted octanol–water partition coefficient (Wildman–Crippen LogP) is 1.99. The van der Waals surface area contributed by atoms with E-state index in [1.807, 2.05) is 6.26 Å². The second-order valence-corrected chi connectivity index (χ2v) is 6.54. The van der Waals surface area contributed by atoms with Crippen molar-refractivity contribution < 1.29 is 14.7 Å². The van der Waals surface area contributed by atoms with Crippen LogP contribution in [0.2, 0.25) is 0 Å². The van der Waals surface area contributed by atoms with E-state index in [4.69, 9.17) is 5.11 Å². The van der Waals surface area contributed by atoms with Crippen molar-refractivity contribution in [1.29, 1.82) is 0 Å². The van der Waals surface area contributed by atoms with Gasteiger partial charge in [-0.3, -0.25) is 9.59 Å². The smallest absolute Gasteiger partial charge is 0.316 e. The van der Waals surface area contributed by atoms with Gasteiger partial charge >= 0.3 is 5.97 Å². The molecule has 2 atom stereocenters. The van der Waals surface area contributed by atoms with E-state index in [2.05, 4.69) is 12.2 Å². The van der Waals surface area contributed by atoms with Crippen LogP contribution in [0.3, 0.4) is 0 Å². The number of aliphatic carboxylic acids is 1. The van der Waals surface area contributed by atoms with Crippen LogP contribution < -0.4 is 5.32 Å². The molecule has 0 aliphatic carbocycles. The summed E-state index contributed by atoms with van der Waals surface area (Å²) in [6.07, 6.45) is 2.87. The Morgan fingerprint density at radius 3 is 2.24 bits per heavy atom. The molecule has 0 aromatic rings. The first-order chi connectivity index (χ1) is 7.70. The molecule has 4 nitrogen and oxygen atoms in total. The van der Waals surface area contributed by atoms with E-state index in [-0.39, 0.29) is 0 Å². The van der Waals surface area contributed by atoms with Crippen LogP contribution in [0.15, 0.2) is 0 Å². The number of carbonyl (C=O) groups excluding carboxylic acids is 1. The van der Waals surface area contributed by atoms with Crippen LogP contribution in [0, 0.1) is 11.3 Å². The van der Waals surface area contributed by atoms with Crippen molar-refractivity contribution in [2.24, 2.45) is 11.3 Å². The zero-order valence-electron chi connectivity index (χ0n) is 11.2. The largest absolute Gasteiger partial charge is 0.481 e. The summed E-state index contributed by atoms with van der Waals surface area (Å²) in [6.45, 7) is 7.89. The Morgan fingerprint density at radius 2 is 1.88 bits per heavy atom. The fourth-order valence-corrected chi connectivity index (χ4v) is 1.85. The van der Waals surface area contributed by atoms with Crippen LogP contribution >= 0.6 is 11.8 Å². The Balaban J connectivity index is 4.32. The minimum atomic E-state index is -1.06. The molecule has 0 spiro atoms. The first-order valence-corrected chi connectivity index (χ1v) is 7.02. The van der Waals surface area contributed by atoms with Gasteiger partial charge in [-0.25, -0.2) is 0 Å². The molecule has 0 aromatic heterocycles. The summed E-state index contributed by atoms with van der Waals surface area (Å²) in [6, 6.07) is 0. The summed E-state index contributed by atoms with van der Waals surface area (Å²) in [5.74, 6) is -2.45. The van der Waals surface area contributed by atoms with Crippen molar-refractivity contribution in [2.75, 3.05) is 12.8 Å². The van der Waals surface area contributed by atoms with Gasteiger partial charge in [-0.1, -0.05) is 27.7 Å². The monoisotopic (exact) mass is 261 g/mol. The molecule has 5 heteroatoms. The van der Waals surface area contributed by atoms with Crippen molar-refractivity contribution >= 4 is 23.6 Å². The van der Waals surface area contributed by atoms with Crippen LogP contribution in [0.1, 0.15) is 34.1 Å². The third kappa shape index (κ3) is 5.96. The topological polar surface area (TPSA) is 66.4 Å². The minimum absolute atomic E-state index is 0.390. The number of hydrogen-bond donors (Lipinski definition) is 2. The van der Waals surface area contributed by atoms with E-state index in [1.54, 1.807) is 32.5 Å². The van der Waals surface area contributed by atoms with Crippen LogP contribution in [0.25, 0.3) is 0 Å². The normalized spacial score (nSPS) is 15.1. The molecule has 2 N–H and O–H groups in total. The van der Waals surface area contributed by atoms with Gasteiger partial charge in [0, 0.05) is 11.8 Å². The summed E-state index contributed by atoms with van der Waals surface area (Å²) in [7, 11) is 0. The second kappa shape index (κ2) is 6.89. The highest BCUT2D eigenvalue weighted by Crippen LogP contribution is 2.26. The molecular weight excluding hydrogens is 238 g/mol. The summed E-state index contributed by atoms with van der Waals surface area (Å²) in [4.78, 5) is 22.9. The molecule has 0 fully saturated rings. The molecule has 0 rings (SSSR count). The Kier molecular flexibility index (Phi) is 6.60. The number of amides is 1. The summed E-state index contributed by atoms with van der Waals surface area (Å²) in [5.41, 5.74) is -0.568. The van der Waals surface area contributed by atoms with Crippen LogP contribution in [-0.2, 0) is 9.59 Å². The molecule has 0 heterocycles. The first-order valence-electron chi connectivity index (χ1n) is 5.73. The molecule has 0 aliphatic rings. The number of hydrogen-bond acceptors (Lipinski definition) is 3. The zero-order valence-corrected chi connectivity index (χ0v) is 12.1. The molecule has 0 aromatic carbocycles. The van der Waals surface area contributed by atoms with Gasteiger partial charge in [0.05, 0.1) is 0 Å². The fourth-order valence-electron chi connectivity index (χ4n) is 1.49. The van der Waals surface area contributed by atoms with Gasteiger partial charge in [-0.2, -0.15) is 11.8 Å². The number of carboxylic acids is 1. The second-order valence-electron chi connectivity index (χ2n) is 5.26. The summed E-state index contributed by atoms with van der Waals surface area (Å²) in [5, 5.41) is 12.2. The third-order valence-electron chi connectivity index (χ3n) is 2.63. The zero-order chi connectivity index (χ0) is 13.6. The number of nitrogens with one attached hydrogen (secondary N) is 1. The molecule has 0 bridgehead atoms. The van der Waals surface area contributed by atoms with Gasteiger partial charge in [-0.05, 0) is 18.1 Å². The van der Waals surface area contributed by atoms with E-state index in [0.717, 1.165) is 6.42 Å². The van der Waals surface area contributed by atoms with E-state index in [1.165, 1.54) is 0 Å². The highest BCUT2D eigenvalue weighted by molar-refractivity contribution is 7.99. The highest BCUT2D eigenvalue weighted by atomic mass is 32.2. The molecule has 2 unspecified atom stereocenters. The molecule has 17 heavy (non-hydrogen) atoms. The van der Waals surface area contributed by atoms with Gasteiger partial charge in [-0.15, -0.1) is 0 Å². The van der Waals surface area contributed by atoms with Gasteiger partial charge in [0.2, 0.25) is 5.91 Å². The van der Waals surface area contributed by atoms with Crippen LogP contribution in [-0.4, -0.2) is 35.0 Å². The Hall–Kier alpha value is -0.710. The lowest BCUT2D eigenvalue weighted by atomic mass is 9.80. The number of carbonyl (C=O) groups is 2. The molecule has 0 saturated heterocycles. The number of rotatable bonds is 6. The van der Waals surface area contributed by atoms with Crippen molar-refractivity contribution in [3.05, 3.63) is 0 Å². The van der Waals surface area contributed by atoms with Crippen molar-refractivity contribution in [3.63, 3.8) is 0 Å². The first kappa shape index (κ1) is 16.3. The number of thioether (sulfide) groups is 1. The molecule has 1 amide bonds. The molecular formula is C12H23NO3S. The van der Waals surface area contributed by atoms with Gasteiger partial charge in [0.1, 0.15) is 5.92 Å². The van der Waals surface area contributed by atoms with Crippen molar-refractivity contribution in [3.8, 4) is 0 Å². The highest BCUT2D eigenvalue weighted by Gasteiger charge is 2.37. The lowest BCUT2D eigenvalue weighted by Crippen LogP contribution is -2.43. The Morgan fingerprint density at radius 1 is 1.35 bits per heavy atom. The minimum Gasteiger partial charge on any atom is -0.481 e. The number of carboxylic acid groups (broad SMARTS) is 1. The van der Waals surface area contributed by atoms with E-state index < -0.39 is 23.2 Å². The Bertz CT molecular complexity index is 273. The van der Waals surface area contributed by atoms with Gasteiger partial charge in [0.25, 0.3) is 0 Å². The molecule has 100 valence electrons. The van der Waals surface area contributed by atoms with Gasteiger partial charge < -0.3 is 10.4 Å². The fraction of sp³-hybridized carbons (Fsp3) is 0.833. The average Bonchev–Trinajstić information content (AvgIpc) is 2.14. The molecule has 0 aliphatic heterocycles. The van der Waals surface area contributed by atoms with E-state index in [9.17, 15) is 9.59 Å². The summed E-state index contributed by atoms with van der Waals surface area (Å²) < 4.78 is 0. The molecule has 0 radical (unpaired) electrons. The van der Waals surface area contributed by atoms with Gasteiger partial charge in [0.15, 0.2) is 0 Å². The predicted molar refractivity (Wildman–Crippen MR) is 71.2 cm³/mol. The average molecular weight is 261 g/mol. The quantitative estimate of drug-likeness (QED) is 0.718. The van der Waals surface area contributed by atoms with Crippen molar-refractivity contribution in [2.45, 2.75) is 39.4 Å². The van der Waals surface area contributed by atoms with E-state index >= 15 is 0 Å². The maximum absolute atomic E-state index is 11.8. The SMILES string of the molecule is CSC(C)CCNC(=O)C(C(=O)O)C(C)(C)C. The maximum Gasteiger partial charge on any atom is 0.316 e.